The highest BCUT2D eigenvalue weighted by Crippen LogP contribution is 2.37. The highest BCUT2D eigenvalue weighted by molar-refractivity contribution is 6.62. The predicted molar refractivity (Wildman–Crippen MR) is 126 cm³/mol. The van der Waals surface area contributed by atoms with Gasteiger partial charge in [0, 0.05) is 0 Å². The normalized spacial score (nSPS) is 17.2. The molecule has 0 amide bonds. The maximum absolute atomic E-state index is 6.26. The van der Waals surface area contributed by atoms with Crippen LogP contribution in [0.2, 0.25) is 0 Å². The Morgan fingerprint density at radius 2 is 1.17 bits per heavy atom. The lowest BCUT2D eigenvalue weighted by Gasteiger charge is -2.32. The first-order chi connectivity index (χ1) is 13.7. The summed E-state index contributed by atoms with van der Waals surface area (Å²) in [5.74, 6) is 0. The summed E-state index contributed by atoms with van der Waals surface area (Å²) < 4.78 is 12.5. The van der Waals surface area contributed by atoms with Gasteiger partial charge in [0.25, 0.3) is 0 Å². The Morgan fingerprint density at radius 3 is 1.76 bits per heavy atom. The third-order valence-corrected chi connectivity index (χ3v) is 6.17. The van der Waals surface area contributed by atoms with Crippen LogP contribution in [-0.4, -0.2) is 18.3 Å². The minimum absolute atomic E-state index is 0.332. The molecule has 29 heavy (non-hydrogen) atoms. The lowest BCUT2D eigenvalue weighted by Crippen LogP contribution is -2.41. The van der Waals surface area contributed by atoms with Crippen molar-refractivity contribution < 1.29 is 9.31 Å². The second kappa shape index (κ2) is 7.97. The molecule has 3 aromatic rings. The Hall–Kier alpha value is -2.10. The van der Waals surface area contributed by atoms with E-state index in [1.165, 1.54) is 33.0 Å². The third kappa shape index (κ3) is 3.99. The highest BCUT2D eigenvalue weighted by Gasteiger charge is 2.51. The Kier molecular flexibility index (Phi) is 5.94. The molecule has 1 aliphatic rings. The fourth-order valence-corrected chi connectivity index (χ4v) is 3.70. The van der Waals surface area contributed by atoms with E-state index in [1.54, 1.807) is 0 Å². The number of benzene rings is 3. The molecule has 3 heteroatoms. The van der Waals surface area contributed by atoms with E-state index < -0.39 is 0 Å². The molecular weight excluding hydrogens is 355 g/mol. The average Bonchev–Trinajstić information content (AvgIpc) is 2.91. The molecule has 0 aromatic heterocycles. The lowest BCUT2D eigenvalue weighted by atomic mass is 9.77. The fourth-order valence-electron chi connectivity index (χ4n) is 3.70. The van der Waals surface area contributed by atoms with E-state index >= 15 is 0 Å². The van der Waals surface area contributed by atoms with Gasteiger partial charge in [-0.3, -0.25) is 0 Å². The van der Waals surface area contributed by atoms with Crippen molar-refractivity contribution in [1.82, 2.24) is 0 Å². The molecular formula is C26H33BO2. The quantitative estimate of drug-likeness (QED) is 0.470. The van der Waals surface area contributed by atoms with Crippen molar-refractivity contribution >= 4 is 23.4 Å². The fraction of sp³-hybridized carbons (Fsp3) is 0.385. The Morgan fingerprint density at radius 1 is 0.655 bits per heavy atom. The number of rotatable bonds is 2. The summed E-state index contributed by atoms with van der Waals surface area (Å²) in [6.07, 6.45) is 0. The molecule has 0 unspecified atom stereocenters. The van der Waals surface area contributed by atoms with E-state index in [2.05, 4.69) is 96.1 Å². The van der Waals surface area contributed by atoms with Gasteiger partial charge in [0.05, 0.1) is 11.2 Å². The van der Waals surface area contributed by atoms with E-state index in [4.69, 9.17) is 9.31 Å². The molecule has 0 radical (unpaired) electrons. The summed E-state index contributed by atoms with van der Waals surface area (Å²) >= 11 is 0. The third-order valence-electron chi connectivity index (χ3n) is 6.17. The van der Waals surface area contributed by atoms with Crippen LogP contribution in [0.25, 0.3) is 21.9 Å². The first-order valence-corrected chi connectivity index (χ1v) is 10.6. The van der Waals surface area contributed by atoms with Gasteiger partial charge in [0.15, 0.2) is 0 Å². The molecule has 152 valence electrons. The molecule has 0 N–H and O–H groups in total. The minimum Gasteiger partial charge on any atom is -0.399 e. The van der Waals surface area contributed by atoms with E-state index in [9.17, 15) is 0 Å². The van der Waals surface area contributed by atoms with Crippen LogP contribution in [-0.2, 0) is 9.31 Å². The number of fused-ring (bicyclic) bond motifs is 1. The molecule has 0 saturated carbocycles. The second-order valence-electron chi connectivity index (χ2n) is 8.68. The van der Waals surface area contributed by atoms with Crippen molar-refractivity contribution in [1.29, 1.82) is 0 Å². The summed E-state index contributed by atoms with van der Waals surface area (Å²) in [6, 6.07) is 19.6. The van der Waals surface area contributed by atoms with Gasteiger partial charge < -0.3 is 9.31 Å². The molecule has 1 saturated heterocycles. The van der Waals surface area contributed by atoms with Crippen molar-refractivity contribution in [3.63, 3.8) is 0 Å². The molecule has 3 aromatic carbocycles. The van der Waals surface area contributed by atoms with Gasteiger partial charge in [-0.2, -0.15) is 0 Å². The first kappa shape index (κ1) is 21.6. The summed E-state index contributed by atoms with van der Waals surface area (Å²) in [5.41, 5.74) is 5.46. The molecule has 0 aliphatic carbocycles. The highest BCUT2D eigenvalue weighted by atomic mass is 16.7. The summed E-state index contributed by atoms with van der Waals surface area (Å²) in [4.78, 5) is 0. The molecule has 1 aliphatic heterocycles. The Bertz CT molecular complexity index is 1000. The van der Waals surface area contributed by atoms with E-state index in [1.807, 2.05) is 13.8 Å². The SMILES string of the molecule is CC.Cc1ccc(B2OC(C)(C)C(C)(C)O2)cc1-c1cc2ccccc2cc1C. The summed E-state index contributed by atoms with van der Waals surface area (Å²) in [5, 5.41) is 2.54. The number of aryl methyl sites for hydroxylation is 2. The van der Waals surface area contributed by atoms with Crippen molar-refractivity contribution in [2.45, 2.75) is 66.6 Å². The topological polar surface area (TPSA) is 18.5 Å². The zero-order chi connectivity index (χ0) is 21.4. The van der Waals surface area contributed by atoms with E-state index in [0.717, 1.165) is 5.46 Å². The lowest BCUT2D eigenvalue weighted by molar-refractivity contribution is 0.00578. The molecule has 1 heterocycles. The molecule has 1 fully saturated rings. The van der Waals surface area contributed by atoms with Gasteiger partial charge in [-0.05, 0) is 86.1 Å². The smallest absolute Gasteiger partial charge is 0.399 e. The van der Waals surface area contributed by atoms with Crippen molar-refractivity contribution in [2.24, 2.45) is 0 Å². The van der Waals surface area contributed by atoms with Crippen LogP contribution in [0.15, 0.2) is 54.6 Å². The average molecular weight is 388 g/mol. The molecule has 4 rings (SSSR count). The van der Waals surface area contributed by atoms with Crippen molar-refractivity contribution in [3.05, 3.63) is 65.7 Å². The monoisotopic (exact) mass is 388 g/mol. The molecule has 0 atom stereocenters. The summed E-state index contributed by atoms with van der Waals surface area (Å²) in [7, 11) is -0.338. The van der Waals surface area contributed by atoms with Crippen LogP contribution in [0.4, 0.5) is 0 Å². The first-order valence-electron chi connectivity index (χ1n) is 10.6. The van der Waals surface area contributed by atoms with Crippen LogP contribution < -0.4 is 5.46 Å². The van der Waals surface area contributed by atoms with Crippen LogP contribution in [0.1, 0.15) is 52.7 Å². The zero-order valence-electron chi connectivity index (χ0n) is 19.1. The van der Waals surface area contributed by atoms with Crippen molar-refractivity contribution in [3.8, 4) is 11.1 Å². The van der Waals surface area contributed by atoms with Gasteiger partial charge in [-0.15, -0.1) is 0 Å². The van der Waals surface area contributed by atoms with E-state index in [-0.39, 0.29) is 18.3 Å². The maximum Gasteiger partial charge on any atom is 0.494 e. The van der Waals surface area contributed by atoms with Gasteiger partial charge in [-0.25, -0.2) is 0 Å². The van der Waals surface area contributed by atoms with Crippen LogP contribution in [0.5, 0.6) is 0 Å². The molecule has 2 nitrogen and oxygen atoms in total. The zero-order valence-corrected chi connectivity index (χ0v) is 19.1. The predicted octanol–water partition coefficient (Wildman–Crippen LogP) is 6.45. The van der Waals surface area contributed by atoms with E-state index in [0.29, 0.717) is 0 Å². The Labute approximate surface area is 176 Å². The van der Waals surface area contributed by atoms with Crippen LogP contribution in [0.3, 0.4) is 0 Å². The maximum atomic E-state index is 6.26. The van der Waals surface area contributed by atoms with Gasteiger partial charge in [-0.1, -0.05) is 62.4 Å². The van der Waals surface area contributed by atoms with Gasteiger partial charge in [0.2, 0.25) is 0 Å². The summed E-state index contributed by atoms with van der Waals surface area (Å²) in [6.45, 7) is 16.7. The largest absolute Gasteiger partial charge is 0.494 e. The van der Waals surface area contributed by atoms with Crippen LogP contribution >= 0.6 is 0 Å². The molecule has 0 spiro atoms. The standard InChI is InChI=1S/C24H27BO2.C2H6/c1-16-11-12-20(25-26-23(3,4)24(5,6)27-25)15-22(16)21-14-19-10-8-7-9-18(19)13-17(21)2;1-2/h7-15H,1-6H3;1-2H3. The van der Waals surface area contributed by atoms with Crippen molar-refractivity contribution in [2.75, 3.05) is 0 Å². The van der Waals surface area contributed by atoms with Gasteiger partial charge >= 0.3 is 7.12 Å². The van der Waals surface area contributed by atoms with Gasteiger partial charge in [0.1, 0.15) is 0 Å². The van der Waals surface area contributed by atoms with Crippen LogP contribution in [0, 0.1) is 13.8 Å². The second-order valence-corrected chi connectivity index (χ2v) is 8.68. The number of hydrogen-bond donors (Lipinski definition) is 0. The Balaban J connectivity index is 0.00000117. The minimum atomic E-state index is -0.338. The number of hydrogen-bond acceptors (Lipinski definition) is 2. The molecule has 0 bridgehead atoms.